The molecule has 0 aliphatic carbocycles. The molecule has 1 aromatic heterocycles. The number of nitrogens with zero attached hydrogens (tertiary/aromatic N) is 3. The van der Waals surface area contributed by atoms with Crippen molar-refractivity contribution in [2.75, 3.05) is 18.9 Å². The Hall–Kier alpha value is -4.47. The molecule has 0 unspecified atom stereocenters. The maximum absolute atomic E-state index is 12.9. The van der Waals surface area contributed by atoms with Gasteiger partial charge >= 0.3 is 0 Å². The maximum Gasteiger partial charge on any atom is 0.275 e. The zero-order chi connectivity index (χ0) is 31.3. The number of aliphatic hydroxyl groups excluding tert-OH is 1. The van der Waals surface area contributed by atoms with E-state index in [1.807, 2.05) is 78.9 Å². The van der Waals surface area contributed by atoms with E-state index in [1.165, 1.54) is 11.8 Å². The van der Waals surface area contributed by atoms with Crippen LogP contribution in [0.5, 0.6) is 0 Å². The number of anilines is 1. The standard InChI is InChI=1S/C37H38N4O4/c1-24-34(22-41(3)25(2)27-9-5-4-6-10-27)44-37(45-35(24)28-15-13-26(23-42)14-16-28)29-17-19-30(20-18-29)39-36(43)33-21-38-31-11-7-8-12-32(31)40-33/h4-21,24-25,34-35,37,42H,22-23H2,1-3H3,(H,39,43)/t24-,25-,34+,35+,37+/m0/s1. The van der Waals surface area contributed by atoms with Crippen LogP contribution in [0.3, 0.4) is 0 Å². The van der Waals surface area contributed by atoms with Gasteiger partial charge in [-0.2, -0.15) is 0 Å². The van der Waals surface area contributed by atoms with Crippen molar-refractivity contribution in [2.45, 2.75) is 45.0 Å². The van der Waals surface area contributed by atoms with E-state index >= 15 is 0 Å². The Balaban J connectivity index is 1.20. The Morgan fingerprint density at radius 2 is 1.56 bits per heavy atom. The molecule has 1 aliphatic heterocycles. The second kappa shape index (κ2) is 13.7. The minimum absolute atomic E-state index is 0.00574. The first-order valence-electron chi connectivity index (χ1n) is 15.3. The third-order valence-electron chi connectivity index (χ3n) is 8.66. The van der Waals surface area contributed by atoms with E-state index in [0.717, 1.165) is 22.2 Å². The predicted molar refractivity (Wildman–Crippen MR) is 174 cm³/mol. The summed E-state index contributed by atoms with van der Waals surface area (Å²) in [5.41, 5.74) is 6.28. The molecule has 2 heterocycles. The van der Waals surface area contributed by atoms with Crippen LogP contribution in [0, 0.1) is 5.92 Å². The van der Waals surface area contributed by atoms with Gasteiger partial charge in [-0.1, -0.05) is 85.8 Å². The van der Waals surface area contributed by atoms with Crippen LogP contribution >= 0.6 is 0 Å². The monoisotopic (exact) mass is 602 g/mol. The van der Waals surface area contributed by atoms with E-state index in [9.17, 15) is 9.90 Å². The number of nitrogens with one attached hydrogen (secondary N) is 1. The average Bonchev–Trinajstić information content (AvgIpc) is 3.09. The lowest BCUT2D eigenvalue weighted by Crippen LogP contribution is -2.44. The number of rotatable bonds is 9. The van der Waals surface area contributed by atoms with Gasteiger partial charge in [-0.15, -0.1) is 0 Å². The molecule has 1 aliphatic rings. The highest BCUT2D eigenvalue weighted by Crippen LogP contribution is 2.42. The molecule has 0 bridgehead atoms. The fourth-order valence-corrected chi connectivity index (χ4v) is 5.74. The van der Waals surface area contributed by atoms with Crippen molar-refractivity contribution in [2.24, 2.45) is 5.92 Å². The highest BCUT2D eigenvalue weighted by Gasteiger charge is 2.39. The lowest BCUT2D eigenvalue weighted by Gasteiger charge is -2.43. The van der Waals surface area contributed by atoms with Crippen LogP contribution in [0.2, 0.25) is 0 Å². The number of hydrogen-bond donors (Lipinski definition) is 2. The third kappa shape index (κ3) is 6.95. The highest BCUT2D eigenvalue weighted by molar-refractivity contribution is 6.03. The second-order valence-corrected chi connectivity index (χ2v) is 11.7. The van der Waals surface area contributed by atoms with Crippen LogP contribution in [-0.4, -0.2) is 45.6 Å². The minimum atomic E-state index is -0.606. The van der Waals surface area contributed by atoms with Crippen molar-refractivity contribution >= 4 is 22.6 Å². The molecule has 2 N–H and O–H groups in total. The summed E-state index contributed by atoms with van der Waals surface area (Å²) in [6.45, 7) is 5.08. The van der Waals surface area contributed by atoms with Gasteiger partial charge in [0.15, 0.2) is 6.29 Å². The number of hydrogen-bond acceptors (Lipinski definition) is 7. The Bertz CT molecular complexity index is 1730. The number of aliphatic hydroxyl groups is 1. The van der Waals surface area contributed by atoms with Crippen molar-refractivity contribution in [1.29, 1.82) is 0 Å². The number of likely N-dealkylation sites (N-methyl/N-ethyl adjacent to an activating group) is 1. The third-order valence-corrected chi connectivity index (χ3v) is 8.66. The predicted octanol–water partition coefficient (Wildman–Crippen LogP) is 6.86. The highest BCUT2D eigenvalue weighted by atomic mass is 16.7. The number of fused-ring (bicyclic) bond motifs is 1. The second-order valence-electron chi connectivity index (χ2n) is 11.7. The molecule has 1 saturated heterocycles. The Morgan fingerprint density at radius 3 is 2.27 bits per heavy atom. The fraction of sp³-hybridized carbons (Fsp3) is 0.270. The van der Waals surface area contributed by atoms with E-state index in [2.05, 4.69) is 65.3 Å². The Kier molecular flexibility index (Phi) is 9.28. The van der Waals surface area contributed by atoms with Crippen molar-refractivity contribution in [3.05, 3.63) is 137 Å². The molecular formula is C37H38N4O4. The molecule has 230 valence electrons. The molecule has 0 spiro atoms. The topological polar surface area (TPSA) is 96.8 Å². The van der Waals surface area contributed by atoms with Gasteiger partial charge in [0.25, 0.3) is 5.91 Å². The molecule has 5 aromatic rings. The number of carbonyl (C=O) groups excluding carboxylic acids is 1. The van der Waals surface area contributed by atoms with Crippen molar-refractivity contribution < 1.29 is 19.4 Å². The van der Waals surface area contributed by atoms with Gasteiger partial charge in [0.1, 0.15) is 5.69 Å². The van der Waals surface area contributed by atoms with Crippen LogP contribution in [0.4, 0.5) is 5.69 Å². The normalized spacial score (nSPS) is 20.6. The van der Waals surface area contributed by atoms with Gasteiger partial charge in [0, 0.05) is 29.8 Å². The van der Waals surface area contributed by atoms with Crippen molar-refractivity contribution in [1.82, 2.24) is 14.9 Å². The fourth-order valence-electron chi connectivity index (χ4n) is 5.74. The van der Waals surface area contributed by atoms with Crippen LogP contribution < -0.4 is 5.32 Å². The molecule has 5 atom stereocenters. The number of ether oxygens (including phenoxy) is 2. The zero-order valence-electron chi connectivity index (χ0n) is 25.7. The summed E-state index contributed by atoms with van der Waals surface area (Å²) in [7, 11) is 2.13. The molecule has 45 heavy (non-hydrogen) atoms. The molecule has 0 radical (unpaired) electrons. The molecular weight excluding hydrogens is 564 g/mol. The largest absolute Gasteiger partial charge is 0.392 e. The van der Waals surface area contributed by atoms with E-state index in [-0.39, 0.29) is 42.4 Å². The summed E-state index contributed by atoms with van der Waals surface area (Å²) in [6.07, 6.45) is 0.547. The lowest BCUT2D eigenvalue weighted by atomic mass is 9.89. The van der Waals surface area contributed by atoms with E-state index in [1.54, 1.807) is 0 Å². The summed E-state index contributed by atoms with van der Waals surface area (Å²) >= 11 is 0. The van der Waals surface area contributed by atoms with Gasteiger partial charge in [-0.05, 0) is 54.9 Å². The number of aromatic nitrogens is 2. The first-order valence-corrected chi connectivity index (χ1v) is 15.3. The van der Waals surface area contributed by atoms with E-state index < -0.39 is 6.29 Å². The Labute approximate surface area is 263 Å². The molecule has 4 aromatic carbocycles. The molecule has 6 rings (SSSR count). The van der Waals surface area contributed by atoms with E-state index in [0.29, 0.717) is 17.7 Å². The summed E-state index contributed by atoms with van der Waals surface area (Å²) in [5, 5.41) is 12.5. The first-order chi connectivity index (χ1) is 21.9. The molecule has 8 heteroatoms. The van der Waals surface area contributed by atoms with Crippen molar-refractivity contribution in [3.63, 3.8) is 0 Å². The molecule has 8 nitrogen and oxygen atoms in total. The quantitative estimate of drug-likeness (QED) is 0.190. The summed E-state index contributed by atoms with van der Waals surface area (Å²) in [4.78, 5) is 24.1. The lowest BCUT2D eigenvalue weighted by molar-refractivity contribution is -0.276. The zero-order valence-corrected chi connectivity index (χ0v) is 25.7. The van der Waals surface area contributed by atoms with E-state index in [4.69, 9.17) is 9.47 Å². The summed E-state index contributed by atoms with van der Waals surface area (Å²) in [6, 6.07) is 33.6. The van der Waals surface area contributed by atoms with Crippen LogP contribution in [-0.2, 0) is 16.1 Å². The average molecular weight is 603 g/mol. The molecule has 0 saturated carbocycles. The summed E-state index contributed by atoms with van der Waals surface area (Å²) < 4.78 is 13.3. The number of para-hydroxylation sites is 2. The van der Waals surface area contributed by atoms with Gasteiger partial charge < -0.3 is 19.9 Å². The number of carbonyl (C=O) groups is 1. The first kappa shape index (κ1) is 30.6. The smallest absolute Gasteiger partial charge is 0.275 e. The van der Waals surface area contributed by atoms with Gasteiger partial charge in [-0.25, -0.2) is 4.98 Å². The van der Waals surface area contributed by atoms with Crippen LogP contribution in [0.15, 0.2) is 109 Å². The summed E-state index contributed by atoms with van der Waals surface area (Å²) in [5.74, 6) is -0.268. The van der Waals surface area contributed by atoms with Gasteiger partial charge in [-0.3, -0.25) is 14.7 Å². The molecule has 1 amide bonds. The SMILES string of the molecule is C[C@H]1[C@@H](CN(C)[C@@H](C)c2ccccc2)O[C@@H](c2ccc(NC(=O)c3cnc4ccccc4n3)cc2)O[C@H]1c1ccc(CO)cc1. The van der Waals surface area contributed by atoms with Gasteiger partial charge in [0.2, 0.25) is 0 Å². The molecule has 1 fully saturated rings. The van der Waals surface area contributed by atoms with Crippen LogP contribution in [0.25, 0.3) is 11.0 Å². The van der Waals surface area contributed by atoms with Gasteiger partial charge in [0.05, 0.1) is 36.0 Å². The number of amides is 1. The maximum atomic E-state index is 12.9. The Morgan fingerprint density at radius 1 is 0.889 bits per heavy atom. The number of benzene rings is 4. The van der Waals surface area contributed by atoms with Crippen molar-refractivity contribution in [3.8, 4) is 0 Å². The van der Waals surface area contributed by atoms with Crippen LogP contribution in [0.1, 0.15) is 65.0 Å². The minimum Gasteiger partial charge on any atom is -0.392 e.